The topological polar surface area (TPSA) is 66.4 Å². The number of carbonyl (C=O) groups excluding carboxylic acids is 1. The van der Waals surface area contributed by atoms with Gasteiger partial charge in [-0.1, -0.05) is 32.4 Å². The van der Waals surface area contributed by atoms with Gasteiger partial charge >= 0.3 is 5.97 Å². The summed E-state index contributed by atoms with van der Waals surface area (Å²) in [4.78, 5) is 23.4. The van der Waals surface area contributed by atoms with E-state index in [1.54, 1.807) is 6.07 Å². The minimum Gasteiger partial charge on any atom is -0.480 e. The van der Waals surface area contributed by atoms with Crippen molar-refractivity contribution >= 4 is 11.9 Å². The van der Waals surface area contributed by atoms with Gasteiger partial charge in [0.05, 0.1) is 0 Å². The zero-order valence-corrected chi connectivity index (χ0v) is 13.4. The highest BCUT2D eigenvalue weighted by molar-refractivity contribution is 5.86. The van der Waals surface area contributed by atoms with E-state index in [1.165, 1.54) is 19.1 Å². The van der Waals surface area contributed by atoms with Gasteiger partial charge in [-0.2, -0.15) is 0 Å². The average molecular weight is 309 g/mol. The minimum absolute atomic E-state index is 0.00136. The summed E-state index contributed by atoms with van der Waals surface area (Å²) in [6.07, 6.45) is 1.83. The molecule has 1 aromatic rings. The van der Waals surface area contributed by atoms with Gasteiger partial charge in [0, 0.05) is 6.42 Å². The number of aliphatic carboxylic acids is 1. The largest absolute Gasteiger partial charge is 0.480 e. The number of carboxylic acid groups (broad SMARTS) is 1. The van der Waals surface area contributed by atoms with Crippen LogP contribution in [0.2, 0.25) is 0 Å². The Hall–Kier alpha value is -1.91. The summed E-state index contributed by atoms with van der Waals surface area (Å²) >= 11 is 0. The van der Waals surface area contributed by atoms with E-state index in [0.717, 1.165) is 5.56 Å². The third-order valence-corrected chi connectivity index (χ3v) is 3.64. The van der Waals surface area contributed by atoms with E-state index in [1.807, 2.05) is 19.9 Å². The van der Waals surface area contributed by atoms with E-state index in [2.05, 4.69) is 5.32 Å². The molecule has 0 saturated heterocycles. The number of amides is 1. The third-order valence-electron chi connectivity index (χ3n) is 3.64. The van der Waals surface area contributed by atoms with E-state index < -0.39 is 11.5 Å². The second-order valence-corrected chi connectivity index (χ2v) is 6.08. The molecule has 0 spiro atoms. The number of nitrogens with one attached hydrogen (secondary N) is 1. The standard InChI is InChI=1S/C17H24FNO3/c1-4-8-17(3,16(21)22)19-15(20)10-12(2)9-13-6-5-7-14(18)11-13/h5-7,11-12H,4,8-10H2,1-3H3,(H,19,20)(H,21,22). The number of carboxylic acids is 1. The van der Waals surface area contributed by atoms with Crippen LogP contribution < -0.4 is 5.32 Å². The molecule has 0 aromatic heterocycles. The van der Waals surface area contributed by atoms with Crippen molar-refractivity contribution in [3.05, 3.63) is 35.6 Å². The van der Waals surface area contributed by atoms with Crippen molar-refractivity contribution in [2.75, 3.05) is 0 Å². The first-order valence-corrected chi connectivity index (χ1v) is 7.55. The molecule has 2 N–H and O–H groups in total. The predicted molar refractivity (Wildman–Crippen MR) is 83.0 cm³/mol. The zero-order valence-electron chi connectivity index (χ0n) is 13.4. The van der Waals surface area contributed by atoms with Gasteiger partial charge < -0.3 is 10.4 Å². The summed E-state index contributed by atoms with van der Waals surface area (Å²) in [7, 11) is 0. The SMILES string of the molecule is CCCC(C)(NC(=O)CC(C)Cc1cccc(F)c1)C(=O)O. The van der Waals surface area contributed by atoms with E-state index >= 15 is 0 Å². The summed E-state index contributed by atoms with van der Waals surface area (Å²) in [6, 6.07) is 6.28. The van der Waals surface area contributed by atoms with Crippen LogP contribution in [0.15, 0.2) is 24.3 Å². The molecule has 0 bridgehead atoms. The summed E-state index contributed by atoms with van der Waals surface area (Å²) in [5.41, 5.74) is -0.403. The first-order valence-electron chi connectivity index (χ1n) is 7.55. The Kier molecular flexibility index (Phi) is 6.53. The Morgan fingerprint density at radius 2 is 2.09 bits per heavy atom. The van der Waals surface area contributed by atoms with Crippen LogP contribution in [0.3, 0.4) is 0 Å². The smallest absolute Gasteiger partial charge is 0.329 e. The van der Waals surface area contributed by atoms with Gasteiger partial charge in [0.2, 0.25) is 5.91 Å². The quantitative estimate of drug-likeness (QED) is 0.775. The van der Waals surface area contributed by atoms with Gasteiger partial charge in [-0.25, -0.2) is 9.18 Å². The van der Waals surface area contributed by atoms with E-state index in [0.29, 0.717) is 19.3 Å². The van der Waals surface area contributed by atoms with Crippen LogP contribution in [0.1, 0.15) is 45.6 Å². The van der Waals surface area contributed by atoms with Gasteiger partial charge in [0.1, 0.15) is 11.4 Å². The van der Waals surface area contributed by atoms with Crippen molar-refractivity contribution in [3.63, 3.8) is 0 Å². The maximum atomic E-state index is 13.1. The van der Waals surface area contributed by atoms with Gasteiger partial charge in [0.15, 0.2) is 0 Å². The fourth-order valence-electron chi connectivity index (χ4n) is 2.54. The monoisotopic (exact) mass is 309 g/mol. The van der Waals surface area contributed by atoms with Crippen LogP contribution in [0.4, 0.5) is 4.39 Å². The van der Waals surface area contributed by atoms with Crippen molar-refractivity contribution in [2.24, 2.45) is 5.92 Å². The fourth-order valence-corrected chi connectivity index (χ4v) is 2.54. The normalized spacial score (nSPS) is 14.9. The Morgan fingerprint density at radius 1 is 1.41 bits per heavy atom. The third kappa shape index (κ3) is 5.47. The van der Waals surface area contributed by atoms with Crippen LogP contribution in [-0.2, 0) is 16.0 Å². The van der Waals surface area contributed by atoms with Gasteiger partial charge in [-0.15, -0.1) is 0 Å². The molecule has 0 aliphatic carbocycles. The van der Waals surface area contributed by atoms with Crippen LogP contribution in [0.25, 0.3) is 0 Å². The lowest BCUT2D eigenvalue weighted by atomic mass is 9.94. The highest BCUT2D eigenvalue weighted by Gasteiger charge is 2.33. The summed E-state index contributed by atoms with van der Waals surface area (Å²) in [5, 5.41) is 11.9. The lowest BCUT2D eigenvalue weighted by Crippen LogP contribution is -2.52. The van der Waals surface area contributed by atoms with Crippen molar-refractivity contribution < 1.29 is 19.1 Å². The first-order chi connectivity index (χ1) is 10.3. The first kappa shape index (κ1) is 18.1. The molecule has 4 nitrogen and oxygen atoms in total. The molecular weight excluding hydrogens is 285 g/mol. The molecule has 1 aromatic carbocycles. The van der Waals surface area contributed by atoms with E-state index in [9.17, 15) is 19.1 Å². The Bertz CT molecular complexity index is 532. The molecule has 2 unspecified atom stereocenters. The lowest BCUT2D eigenvalue weighted by molar-refractivity contribution is -0.147. The van der Waals surface area contributed by atoms with Crippen LogP contribution >= 0.6 is 0 Å². The minimum atomic E-state index is -1.23. The average Bonchev–Trinajstić information content (AvgIpc) is 2.37. The number of halogens is 1. The molecule has 0 heterocycles. The number of benzene rings is 1. The summed E-state index contributed by atoms with van der Waals surface area (Å²) in [6.45, 7) is 5.29. The molecule has 2 atom stereocenters. The highest BCUT2D eigenvalue weighted by Crippen LogP contribution is 2.16. The van der Waals surface area contributed by atoms with Gasteiger partial charge in [-0.3, -0.25) is 4.79 Å². The second kappa shape index (κ2) is 7.92. The molecule has 5 heteroatoms. The molecule has 122 valence electrons. The second-order valence-electron chi connectivity index (χ2n) is 6.08. The summed E-state index contributed by atoms with van der Waals surface area (Å²) in [5.74, 6) is -1.61. The molecule has 0 saturated carbocycles. The molecule has 1 amide bonds. The van der Waals surface area contributed by atoms with E-state index in [4.69, 9.17) is 0 Å². The lowest BCUT2D eigenvalue weighted by Gasteiger charge is -2.26. The van der Waals surface area contributed by atoms with Crippen LogP contribution in [0.5, 0.6) is 0 Å². The number of rotatable bonds is 8. The zero-order chi connectivity index (χ0) is 16.8. The molecule has 0 radical (unpaired) electrons. The Morgan fingerprint density at radius 3 is 2.64 bits per heavy atom. The van der Waals surface area contributed by atoms with Crippen LogP contribution in [0, 0.1) is 11.7 Å². The van der Waals surface area contributed by atoms with Crippen molar-refractivity contribution in [1.82, 2.24) is 5.32 Å². The van der Waals surface area contributed by atoms with Crippen molar-refractivity contribution in [2.45, 2.75) is 52.0 Å². The summed E-state index contributed by atoms with van der Waals surface area (Å²) < 4.78 is 13.1. The Labute approximate surface area is 130 Å². The maximum Gasteiger partial charge on any atom is 0.329 e. The molecule has 0 fully saturated rings. The molecule has 22 heavy (non-hydrogen) atoms. The molecular formula is C17H24FNO3. The van der Waals surface area contributed by atoms with Gasteiger partial charge in [-0.05, 0) is 43.4 Å². The number of hydrogen-bond acceptors (Lipinski definition) is 2. The Balaban J connectivity index is 2.58. The molecule has 0 aliphatic heterocycles. The van der Waals surface area contributed by atoms with Crippen molar-refractivity contribution in [1.29, 1.82) is 0 Å². The van der Waals surface area contributed by atoms with Gasteiger partial charge in [0.25, 0.3) is 0 Å². The fraction of sp³-hybridized carbons (Fsp3) is 0.529. The molecule has 1 rings (SSSR count). The van der Waals surface area contributed by atoms with E-state index in [-0.39, 0.29) is 24.1 Å². The number of hydrogen-bond donors (Lipinski definition) is 2. The number of carbonyl (C=O) groups is 2. The predicted octanol–water partition coefficient (Wildman–Crippen LogP) is 3.15. The highest BCUT2D eigenvalue weighted by atomic mass is 19.1. The van der Waals surface area contributed by atoms with Crippen molar-refractivity contribution in [3.8, 4) is 0 Å². The molecule has 0 aliphatic rings. The maximum absolute atomic E-state index is 13.1. The van der Waals surface area contributed by atoms with Crippen LogP contribution in [-0.4, -0.2) is 22.5 Å².